The number of rotatable bonds is 5. The van der Waals surface area contributed by atoms with Crippen LogP contribution >= 0.6 is 0 Å². The number of hydrogen-bond acceptors (Lipinski definition) is 3. The Bertz CT molecular complexity index is 612. The van der Waals surface area contributed by atoms with Gasteiger partial charge in [-0.2, -0.15) is 0 Å². The van der Waals surface area contributed by atoms with Gasteiger partial charge in [0, 0.05) is 12.2 Å². The summed E-state index contributed by atoms with van der Waals surface area (Å²) >= 11 is 0. The number of benzene rings is 1. The van der Waals surface area contributed by atoms with Crippen LogP contribution in [0.3, 0.4) is 0 Å². The minimum Gasteiger partial charge on any atom is -0.399 e. The van der Waals surface area contributed by atoms with Crippen LogP contribution in [-0.4, -0.2) is 15.0 Å². The van der Waals surface area contributed by atoms with E-state index in [1.807, 2.05) is 0 Å². The number of allylic oxidation sites excluding steroid dienone is 1. The van der Waals surface area contributed by atoms with Gasteiger partial charge < -0.3 is 5.73 Å². The summed E-state index contributed by atoms with van der Waals surface area (Å²) in [6.45, 7) is 0.280. The van der Waals surface area contributed by atoms with Crippen molar-refractivity contribution in [3.8, 4) is 0 Å². The lowest BCUT2D eigenvalue weighted by atomic mass is 9.97. The summed E-state index contributed by atoms with van der Waals surface area (Å²) < 4.78 is 40.0. The van der Waals surface area contributed by atoms with Crippen LogP contribution in [0.1, 0.15) is 32.1 Å². The second-order valence-corrected chi connectivity index (χ2v) is 6.68. The summed E-state index contributed by atoms with van der Waals surface area (Å²) in [5, 5.41) is 0. The fourth-order valence-corrected chi connectivity index (χ4v) is 3.42. The first-order chi connectivity index (χ1) is 9.49. The number of hydrogen-bond donors (Lipinski definition) is 2. The molecule has 0 radical (unpaired) electrons. The van der Waals surface area contributed by atoms with Crippen LogP contribution in [0.5, 0.6) is 0 Å². The van der Waals surface area contributed by atoms with E-state index in [2.05, 4.69) is 10.8 Å². The molecule has 3 N–H and O–H groups in total. The molecule has 110 valence electrons. The minimum absolute atomic E-state index is 0.224. The highest BCUT2D eigenvalue weighted by Crippen LogP contribution is 2.20. The van der Waals surface area contributed by atoms with Crippen molar-refractivity contribution < 1.29 is 12.8 Å². The van der Waals surface area contributed by atoms with Gasteiger partial charge in [-0.15, -0.1) is 0 Å². The largest absolute Gasteiger partial charge is 0.399 e. The monoisotopic (exact) mass is 298 g/mol. The van der Waals surface area contributed by atoms with Gasteiger partial charge in [0.25, 0.3) is 0 Å². The first-order valence-corrected chi connectivity index (χ1v) is 8.20. The van der Waals surface area contributed by atoms with E-state index in [-0.39, 0.29) is 12.2 Å². The molecular weight excluding hydrogens is 279 g/mol. The Kier molecular flexibility index (Phi) is 4.77. The summed E-state index contributed by atoms with van der Waals surface area (Å²) in [6.07, 6.45) is 7.27. The number of sulfonamides is 1. The summed E-state index contributed by atoms with van der Waals surface area (Å²) in [7, 11) is -3.85. The van der Waals surface area contributed by atoms with Crippen molar-refractivity contribution in [1.29, 1.82) is 0 Å². The Morgan fingerprint density at radius 2 is 2.10 bits per heavy atom. The van der Waals surface area contributed by atoms with Crippen molar-refractivity contribution in [2.24, 2.45) is 0 Å². The lowest BCUT2D eigenvalue weighted by Gasteiger charge is -2.13. The predicted octanol–water partition coefficient (Wildman–Crippen LogP) is 2.58. The van der Waals surface area contributed by atoms with Crippen molar-refractivity contribution in [3.05, 3.63) is 35.7 Å². The van der Waals surface area contributed by atoms with Gasteiger partial charge >= 0.3 is 0 Å². The number of halogens is 1. The van der Waals surface area contributed by atoms with Crippen molar-refractivity contribution >= 4 is 15.7 Å². The van der Waals surface area contributed by atoms with Crippen molar-refractivity contribution in [2.45, 2.75) is 37.0 Å². The molecule has 0 bridgehead atoms. The first-order valence-electron chi connectivity index (χ1n) is 6.71. The molecule has 0 saturated carbocycles. The van der Waals surface area contributed by atoms with E-state index in [9.17, 15) is 12.8 Å². The molecule has 0 spiro atoms. The van der Waals surface area contributed by atoms with Crippen molar-refractivity contribution in [2.75, 3.05) is 12.3 Å². The molecular formula is C14H19FN2O2S. The Morgan fingerprint density at radius 3 is 2.80 bits per heavy atom. The van der Waals surface area contributed by atoms with E-state index in [1.54, 1.807) is 0 Å². The fourth-order valence-electron chi connectivity index (χ4n) is 2.28. The maximum absolute atomic E-state index is 13.6. The van der Waals surface area contributed by atoms with E-state index in [1.165, 1.54) is 18.1 Å². The SMILES string of the molecule is Nc1ccc(F)c(S(=O)(=O)NCCC2=CCCCC2)c1. The van der Waals surface area contributed by atoms with Crippen molar-refractivity contribution in [1.82, 2.24) is 4.72 Å². The quantitative estimate of drug-likeness (QED) is 0.648. The molecule has 6 heteroatoms. The molecule has 0 aliphatic heterocycles. The number of nitrogens with two attached hydrogens (primary N) is 1. The Morgan fingerprint density at radius 1 is 1.30 bits per heavy atom. The fraction of sp³-hybridized carbons (Fsp3) is 0.429. The highest BCUT2D eigenvalue weighted by molar-refractivity contribution is 7.89. The summed E-state index contributed by atoms with van der Waals surface area (Å²) in [5.41, 5.74) is 7.00. The van der Waals surface area contributed by atoms with Gasteiger partial charge in [-0.05, 0) is 50.3 Å². The molecule has 20 heavy (non-hydrogen) atoms. The van der Waals surface area contributed by atoms with E-state index in [0.717, 1.165) is 31.4 Å². The maximum atomic E-state index is 13.6. The zero-order valence-corrected chi connectivity index (χ0v) is 12.0. The predicted molar refractivity (Wildman–Crippen MR) is 77.2 cm³/mol. The number of anilines is 1. The molecule has 0 heterocycles. The molecule has 0 atom stereocenters. The third-order valence-electron chi connectivity index (χ3n) is 3.37. The summed E-state index contributed by atoms with van der Waals surface area (Å²) in [4.78, 5) is -0.393. The average molecular weight is 298 g/mol. The molecule has 1 aromatic carbocycles. The minimum atomic E-state index is -3.85. The van der Waals surface area contributed by atoms with Gasteiger partial charge in [-0.1, -0.05) is 11.6 Å². The average Bonchev–Trinajstić information content (AvgIpc) is 2.42. The van der Waals surface area contributed by atoms with E-state index >= 15 is 0 Å². The van der Waals surface area contributed by atoms with Crippen LogP contribution in [-0.2, 0) is 10.0 Å². The Balaban J connectivity index is 2.00. The van der Waals surface area contributed by atoms with E-state index in [0.29, 0.717) is 6.42 Å². The smallest absolute Gasteiger partial charge is 0.243 e. The lowest BCUT2D eigenvalue weighted by Crippen LogP contribution is -2.26. The van der Waals surface area contributed by atoms with Crippen LogP contribution < -0.4 is 10.5 Å². The van der Waals surface area contributed by atoms with Gasteiger partial charge in [0.05, 0.1) is 0 Å². The molecule has 1 aliphatic carbocycles. The molecule has 2 rings (SSSR count). The van der Waals surface area contributed by atoms with Crippen LogP contribution in [0.15, 0.2) is 34.7 Å². The van der Waals surface area contributed by atoms with Gasteiger partial charge in [0.2, 0.25) is 10.0 Å². The third-order valence-corrected chi connectivity index (χ3v) is 4.84. The molecule has 0 unspecified atom stereocenters. The summed E-state index contributed by atoms with van der Waals surface area (Å²) in [6, 6.07) is 3.53. The topological polar surface area (TPSA) is 72.2 Å². The molecule has 1 aliphatic rings. The molecule has 0 fully saturated rings. The van der Waals surface area contributed by atoms with Crippen LogP contribution in [0.2, 0.25) is 0 Å². The third kappa shape index (κ3) is 3.80. The zero-order valence-electron chi connectivity index (χ0n) is 11.2. The van der Waals surface area contributed by atoms with E-state index < -0.39 is 20.7 Å². The maximum Gasteiger partial charge on any atom is 0.243 e. The van der Waals surface area contributed by atoms with E-state index in [4.69, 9.17) is 5.73 Å². The van der Waals surface area contributed by atoms with Crippen molar-refractivity contribution in [3.63, 3.8) is 0 Å². The molecule has 0 amide bonds. The highest BCUT2D eigenvalue weighted by Gasteiger charge is 2.19. The normalized spacial score (nSPS) is 15.9. The lowest BCUT2D eigenvalue weighted by molar-refractivity contribution is 0.556. The molecule has 0 saturated heterocycles. The zero-order chi connectivity index (χ0) is 14.6. The van der Waals surface area contributed by atoms with Gasteiger partial charge in [0.1, 0.15) is 10.7 Å². The number of nitrogen functional groups attached to an aromatic ring is 1. The first kappa shape index (κ1) is 15.0. The standard InChI is InChI=1S/C14H19FN2O2S/c15-13-7-6-12(16)10-14(13)20(18,19)17-9-8-11-4-2-1-3-5-11/h4,6-7,10,17H,1-3,5,8-9,16H2. The van der Waals surface area contributed by atoms with Gasteiger partial charge in [-0.25, -0.2) is 17.5 Å². The van der Waals surface area contributed by atoms with Crippen LogP contribution in [0.25, 0.3) is 0 Å². The second kappa shape index (κ2) is 6.37. The second-order valence-electron chi connectivity index (χ2n) is 4.95. The summed E-state index contributed by atoms with van der Waals surface area (Å²) in [5.74, 6) is -0.788. The van der Waals surface area contributed by atoms with Crippen LogP contribution in [0, 0.1) is 5.82 Å². The Hall–Kier alpha value is -1.40. The Labute approximate surface area is 118 Å². The molecule has 1 aromatic rings. The van der Waals surface area contributed by atoms with Gasteiger partial charge in [0.15, 0.2) is 0 Å². The number of nitrogens with one attached hydrogen (secondary N) is 1. The molecule has 4 nitrogen and oxygen atoms in total. The van der Waals surface area contributed by atoms with Crippen LogP contribution in [0.4, 0.5) is 10.1 Å². The highest BCUT2D eigenvalue weighted by atomic mass is 32.2. The molecule has 0 aromatic heterocycles. The van der Waals surface area contributed by atoms with Gasteiger partial charge in [-0.3, -0.25) is 0 Å².